The highest BCUT2D eigenvalue weighted by molar-refractivity contribution is 6.53. The number of nitrogens with one attached hydrogen (secondary N) is 2. The van der Waals surface area contributed by atoms with Gasteiger partial charge in [-0.3, -0.25) is 9.59 Å². The van der Waals surface area contributed by atoms with Gasteiger partial charge in [-0.15, -0.1) is 23.2 Å². The summed E-state index contributed by atoms with van der Waals surface area (Å²) in [5.74, 6) is -0.530. The Balaban J connectivity index is 1.66. The molecule has 0 spiro atoms. The summed E-state index contributed by atoms with van der Waals surface area (Å²) in [7, 11) is 0. The largest absolute Gasteiger partial charge is 0.376 e. The molecule has 0 bridgehead atoms. The van der Waals surface area contributed by atoms with Crippen LogP contribution in [0.5, 0.6) is 0 Å². The number of rotatable bonds is 5. The lowest BCUT2D eigenvalue weighted by Crippen LogP contribution is -2.33. The topological polar surface area (TPSA) is 67.4 Å². The molecule has 1 saturated carbocycles. The smallest absolute Gasteiger partial charge is 0.253 e. The van der Waals surface area contributed by atoms with Crippen LogP contribution in [-0.4, -0.2) is 35.4 Å². The number of anilines is 1. The Morgan fingerprint density at radius 2 is 2.04 bits per heavy atom. The summed E-state index contributed by atoms with van der Waals surface area (Å²) in [5, 5.41) is 5.64. The Bertz CT molecular complexity index is 659. The highest BCUT2D eigenvalue weighted by atomic mass is 35.5. The number of benzene rings is 1. The SMILES string of the molecule is C[C@@]1(C(=O)Nc2ccccc2C(=O)NC[C@H]2CCCO2)CC1(Cl)Cl. The van der Waals surface area contributed by atoms with Gasteiger partial charge >= 0.3 is 0 Å². The Hall–Kier alpha value is -1.30. The van der Waals surface area contributed by atoms with Gasteiger partial charge in [-0.05, 0) is 38.3 Å². The maximum absolute atomic E-state index is 12.4. The first-order valence-electron chi connectivity index (χ1n) is 8.02. The van der Waals surface area contributed by atoms with Gasteiger partial charge in [0.05, 0.1) is 22.8 Å². The molecule has 24 heavy (non-hydrogen) atoms. The summed E-state index contributed by atoms with van der Waals surface area (Å²) >= 11 is 12.1. The van der Waals surface area contributed by atoms with Crippen LogP contribution in [0.1, 0.15) is 36.5 Å². The minimum atomic E-state index is -1.05. The van der Waals surface area contributed by atoms with E-state index in [4.69, 9.17) is 27.9 Å². The number of ether oxygens (including phenoxy) is 1. The van der Waals surface area contributed by atoms with Crippen molar-refractivity contribution in [1.82, 2.24) is 5.32 Å². The zero-order chi connectivity index (χ0) is 17.4. The van der Waals surface area contributed by atoms with Crippen LogP contribution in [0.2, 0.25) is 0 Å². The summed E-state index contributed by atoms with van der Waals surface area (Å²) in [5.41, 5.74) is 0.0182. The van der Waals surface area contributed by atoms with Gasteiger partial charge in [-0.1, -0.05) is 12.1 Å². The van der Waals surface area contributed by atoms with Crippen molar-refractivity contribution in [2.45, 2.75) is 36.6 Å². The fraction of sp³-hybridized carbons (Fsp3) is 0.529. The molecule has 130 valence electrons. The van der Waals surface area contributed by atoms with E-state index in [2.05, 4.69) is 10.6 Å². The monoisotopic (exact) mass is 370 g/mol. The van der Waals surface area contributed by atoms with E-state index in [9.17, 15) is 9.59 Å². The standard InChI is InChI=1S/C17H20Cl2N2O3/c1-16(10-17(16,18)19)15(23)21-13-7-3-2-6-12(13)14(22)20-9-11-5-4-8-24-11/h2-3,6-7,11H,4-5,8-10H2,1H3,(H,20,22)(H,21,23)/t11-,16+/m1/s1. The second-order valence-corrected chi connectivity index (χ2v) is 8.04. The maximum atomic E-state index is 12.4. The molecule has 2 fully saturated rings. The number of carbonyl (C=O) groups excluding carboxylic acids is 2. The fourth-order valence-corrected chi connectivity index (χ4v) is 3.51. The summed E-state index contributed by atoms with van der Waals surface area (Å²) in [6.45, 7) is 2.91. The molecule has 0 unspecified atom stereocenters. The van der Waals surface area contributed by atoms with Crippen LogP contribution in [0, 0.1) is 5.41 Å². The van der Waals surface area contributed by atoms with Gasteiger partial charge in [0.15, 0.2) is 0 Å². The van der Waals surface area contributed by atoms with Gasteiger partial charge < -0.3 is 15.4 Å². The zero-order valence-electron chi connectivity index (χ0n) is 13.4. The summed E-state index contributed by atoms with van der Waals surface area (Å²) in [6.07, 6.45) is 2.42. The Morgan fingerprint density at radius 1 is 1.33 bits per heavy atom. The molecule has 1 heterocycles. The lowest BCUT2D eigenvalue weighted by atomic mass is 10.1. The highest BCUT2D eigenvalue weighted by Crippen LogP contribution is 2.64. The van der Waals surface area contributed by atoms with Crippen molar-refractivity contribution < 1.29 is 14.3 Å². The highest BCUT2D eigenvalue weighted by Gasteiger charge is 2.67. The molecule has 2 atom stereocenters. The van der Waals surface area contributed by atoms with Crippen molar-refractivity contribution in [1.29, 1.82) is 0 Å². The first kappa shape index (κ1) is 17.5. The van der Waals surface area contributed by atoms with E-state index >= 15 is 0 Å². The predicted octanol–water partition coefficient (Wildman–Crippen LogP) is 3.12. The molecule has 0 radical (unpaired) electrons. The molecule has 1 aromatic carbocycles. The Morgan fingerprint density at radius 3 is 2.67 bits per heavy atom. The first-order chi connectivity index (χ1) is 11.3. The molecule has 2 N–H and O–H groups in total. The summed E-state index contributed by atoms with van der Waals surface area (Å²) in [6, 6.07) is 6.87. The van der Waals surface area contributed by atoms with E-state index in [0.717, 1.165) is 19.4 Å². The molecule has 2 amide bonds. The molecule has 2 aliphatic rings. The van der Waals surface area contributed by atoms with Crippen molar-refractivity contribution in [3.05, 3.63) is 29.8 Å². The molecular weight excluding hydrogens is 351 g/mol. The minimum absolute atomic E-state index is 0.0641. The molecule has 3 rings (SSSR count). The van der Waals surface area contributed by atoms with Crippen LogP contribution in [0.3, 0.4) is 0 Å². The average Bonchev–Trinajstić information content (AvgIpc) is 2.93. The summed E-state index contributed by atoms with van der Waals surface area (Å²) < 4.78 is 4.45. The van der Waals surface area contributed by atoms with E-state index in [1.54, 1.807) is 31.2 Å². The molecule has 5 nitrogen and oxygen atoms in total. The predicted molar refractivity (Wildman–Crippen MR) is 93.5 cm³/mol. The van der Waals surface area contributed by atoms with Gasteiger partial charge in [0.2, 0.25) is 5.91 Å². The van der Waals surface area contributed by atoms with Crippen LogP contribution >= 0.6 is 23.2 Å². The Labute approximate surface area is 151 Å². The number of para-hydroxylation sites is 1. The van der Waals surface area contributed by atoms with Crippen LogP contribution < -0.4 is 10.6 Å². The third kappa shape index (κ3) is 3.39. The molecule has 1 aliphatic carbocycles. The van der Waals surface area contributed by atoms with Crippen molar-refractivity contribution in [3.63, 3.8) is 0 Å². The van der Waals surface area contributed by atoms with Crippen LogP contribution in [0.25, 0.3) is 0 Å². The van der Waals surface area contributed by atoms with Gasteiger partial charge in [0, 0.05) is 13.2 Å². The van der Waals surface area contributed by atoms with E-state index in [-0.39, 0.29) is 17.9 Å². The Kier molecular flexibility index (Phi) is 4.78. The zero-order valence-corrected chi connectivity index (χ0v) is 14.9. The quantitative estimate of drug-likeness (QED) is 0.782. The second kappa shape index (κ2) is 6.54. The third-order valence-corrected chi connectivity index (χ3v) is 5.79. The van der Waals surface area contributed by atoms with Crippen molar-refractivity contribution in [2.75, 3.05) is 18.5 Å². The first-order valence-corrected chi connectivity index (χ1v) is 8.77. The number of halogens is 2. The summed E-state index contributed by atoms with van der Waals surface area (Å²) in [4.78, 5) is 24.8. The lowest BCUT2D eigenvalue weighted by Gasteiger charge is -2.16. The molecular formula is C17H20Cl2N2O3. The van der Waals surface area contributed by atoms with Gasteiger partial charge in [-0.25, -0.2) is 0 Å². The normalized spacial score (nSPS) is 27.5. The second-order valence-electron chi connectivity index (χ2n) is 6.56. The number of carbonyl (C=O) groups is 2. The third-order valence-electron chi connectivity index (χ3n) is 4.69. The van der Waals surface area contributed by atoms with E-state index in [1.807, 2.05) is 0 Å². The average molecular weight is 371 g/mol. The maximum Gasteiger partial charge on any atom is 0.253 e. The lowest BCUT2D eigenvalue weighted by molar-refractivity contribution is -0.120. The van der Waals surface area contributed by atoms with Crippen LogP contribution in [-0.2, 0) is 9.53 Å². The minimum Gasteiger partial charge on any atom is -0.376 e. The van der Waals surface area contributed by atoms with Crippen molar-refractivity contribution in [2.24, 2.45) is 5.41 Å². The van der Waals surface area contributed by atoms with E-state index in [0.29, 0.717) is 24.2 Å². The van der Waals surface area contributed by atoms with Crippen LogP contribution in [0.15, 0.2) is 24.3 Å². The van der Waals surface area contributed by atoms with Gasteiger partial charge in [0.1, 0.15) is 4.33 Å². The molecule has 0 aromatic heterocycles. The van der Waals surface area contributed by atoms with E-state index < -0.39 is 9.75 Å². The molecule has 7 heteroatoms. The van der Waals surface area contributed by atoms with E-state index in [1.165, 1.54) is 0 Å². The number of alkyl halides is 2. The van der Waals surface area contributed by atoms with Gasteiger partial charge in [-0.2, -0.15) is 0 Å². The number of amides is 2. The van der Waals surface area contributed by atoms with Crippen molar-refractivity contribution in [3.8, 4) is 0 Å². The van der Waals surface area contributed by atoms with Crippen molar-refractivity contribution >= 4 is 40.7 Å². The molecule has 1 aromatic rings. The molecule has 1 saturated heterocycles. The fourth-order valence-electron chi connectivity index (χ4n) is 2.80. The number of hydrogen-bond acceptors (Lipinski definition) is 3. The van der Waals surface area contributed by atoms with Gasteiger partial charge in [0.25, 0.3) is 5.91 Å². The number of hydrogen-bond donors (Lipinski definition) is 2. The van der Waals surface area contributed by atoms with Crippen LogP contribution in [0.4, 0.5) is 5.69 Å². The molecule has 1 aliphatic heterocycles.